The summed E-state index contributed by atoms with van der Waals surface area (Å²) in [6, 6.07) is 0. The van der Waals surface area contributed by atoms with Gasteiger partial charge >= 0.3 is 0 Å². The maximum absolute atomic E-state index is 4.03. The van der Waals surface area contributed by atoms with Crippen molar-refractivity contribution < 1.29 is 0 Å². The first-order valence-corrected chi connectivity index (χ1v) is 6.49. The molecule has 0 rings (SSSR count). The van der Waals surface area contributed by atoms with Gasteiger partial charge in [-0.25, -0.2) is 0 Å². The maximum Gasteiger partial charge on any atom is -0.0299 e. The monoisotopic (exact) mass is 244 g/mol. The van der Waals surface area contributed by atoms with E-state index < -0.39 is 0 Å². The highest BCUT2D eigenvalue weighted by molar-refractivity contribution is 5.40. The van der Waals surface area contributed by atoms with Crippen LogP contribution < -0.4 is 0 Å². The molecule has 0 aromatic rings. The second-order valence-corrected chi connectivity index (χ2v) is 3.86. The predicted molar refractivity (Wildman–Crippen MR) is 86.8 cm³/mol. The molecule has 0 N–H and O–H groups in total. The Bertz CT molecular complexity index is 371. The fourth-order valence-corrected chi connectivity index (χ4v) is 0.891. The number of allylic oxidation sites excluding steroid dienone is 10. The molecule has 0 saturated heterocycles. The summed E-state index contributed by atoms with van der Waals surface area (Å²) >= 11 is 0. The average Bonchev–Trinajstić information content (AvgIpc) is 2.43. The lowest BCUT2D eigenvalue weighted by atomic mass is 10.1. The van der Waals surface area contributed by atoms with Crippen molar-refractivity contribution in [2.75, 3.05) is 0 Å². The van der Waals surface area contributed by atoms with Crippen LogP contribution >= 0.6 is 0 Å². The van der Waals surface area contributed by atoms with Crippen LogP contribution in [0.3, 0.4) is 0 Å². The standard InChI is InChI=1S/C16H22.C2H6/c1-7-13(3)9-11-15(5)16(6)12-10-14(4)8-2;1-2/h7-12H,1,6H2,2-5H3;1-2H3/b12-10-,13-9-,14-8-,15-11+;. The van der Waals surface area contributed by atoms with E-state index in [9.17, 15) is 0 Å². The molecule has 0 aliphatic rings. The van der Waals surface area contributed by atoms with E-state index in [1.807, 2.05) is 45.9 Å². The molecule has 0 bridgehead atoms. The number of hydrogen-bond acceptors (Lipinski definition) is 0. The van der Waals surface area contributed by atoms with Crippen molar-refractivity contribution in [2.45, 2.75) is 41.5 Å². The van der Waals surface area contributed by atoms with Crippen molar-refractivity contribution in [1.82, 2.24) is 0 Å². The fraction of sp³-hybridized carbons (Fsp3) is 0.333. The van der Waals surface area contributed by atoms with Gasteiger partial charge < -0.3 is 0 Å². The Morgan fingerprint density at radius 2 is 1.44 bits per heavy atom. The molecule has 0 amide bonds. The zero-order valence-corrected chi connectivity index (χ0v) is 12.9. The van der Waals surface area contributed by atoms with Crippen LogP contribution in [-0.4, -0.2) is 0 Å². The second kappa shape index (κ2) is 11.9. The molecule has 0 unspecified atom stereocenters. The van der Waals surface area contributed by atoms with Gasteiger partial charge in [0.2, 0.25) is 0 Å². The van der Waals surface area contributed by atoms with E-state index in [-0.39, 0.29) is 0 Å². The molecule has 0 aliphatic heterocycles. The molecule has 0 saturated carbocycles. The lowest BCUT2D eigenvalue weighted by molar-refractivity contribution is 1.41. The summed E-state index contributed by atoms with van der Waals surface area (Å²) < 4.78 is 0. The van der Waals surface area contributed by atoms with E-state index in [4.69, 9.17) is 0 Å². The van der Waals surface area contributed by atoms with E-state index in [1.165, 1.54) is 11.1 Å². The quantitative estimate of drug-likeness (QED) is 0.507. The van der Waals surface area contributed by atoms with Crippen molar-refractivity contribution in [3.05, 3.63) is 71.9 Å². The van der Waals surface area contributed by atoms with E-state index in [0.717, 1.165) is 11.1 Å². The van der Waals surface area contributed by atoms with Crippen molar-refractivity contribution in [3.8, 4) is 0 Å². The third-order valence-corrected chi connectivity index (χ3v) is 2.43. The average molecular weight is 244 g/mol. The Kier molecular flexibility index (Phi) is 12.4. The predicted octanol–water partition coefficient (Wildman–Crippen LogP) is 6.17. The SMILES string of the molecule is C=C/C(C)=C\C=C(/C)C(=C)/C=C\C(C)=C/C.CC. The molecule has 0 fully saturated rings. The minimum atomic E-state index is 1.04. The van der Waals surface area contributed by atoms with Crippen LogP contribution in [0.25, 0.3) is 0 Å². The lowest BCUT2D eigenvalue weighted by Crippen LogP contribution is -1.79. The highest BCUT2D eigenvalue weighted by Crippen LogP contribution is 2.10. The Morgan fingerprint density at radius 1 is 0.889 bits per heavy atom. The first kappa shape index (κ1) is 18.8. The summed E-state index contributed by atoms with van der Waals surface area (Å²) in [6.45, 7) is 19.9. The normalized spacial score (nSPS) is 13.1. The Hall–Kier alpha value is -1.56. The highest BCUT2D eigenvalue weighted by Gasteiger charge is 1.90. The van der Waals surface area contributed by atoms with Gasteiger partial charge in [-0.05, 0) is 38.8 Å². The van der Waals surface area contributed by atoms with Gasteiger partial charge in [-0.3, -0.25) is 0 Å². The summed E-state index contributed by atoms with van der Waals surface area (Å²) in [7, 11) is 0. The van der Waals surface area contributed by atoms with E-state index in [2.05, 4.69) is 45.2 Å². The van der Waals surface area contributed by atoms with Gasteiger partial charge in [0.25, 0.3) is 0 Å². The second-order valence-electron chi connectivity index (χ2n) is 3.86. The van der Waals surface area contributed by atoms with Crippen molar-refractivity contribution >= 4 is 0 Å². The van der Waals surface area contributed by atoms with Gasteiger partial charge in [0.05, 0.1) is 0 Å². The van der Waals surface area contributed by atoms with E-state index in [0.29, 0.717) is 0 Å². The molecular formula is C18H28. The van der Waals surface area contributed by atoms with Gasteiger partial charge in [0.1, 0.15) is 0 Å². The Labute approximate surface area is 114 Å². The molecule has 100 valence electrons. The molecule has 0 heteroatoms. The third kappa shape index (κ3) is 9.65. The van der Waals surface area contributed by atoms with Crippen LogP contribution in [0.5, 0.6) is 0 Å². The highest BCUT2D eigenvalue weighted by atomic mass is 14.0. The summed E-state index contributed by atoms with van der Waals surface area (Å²) in [5.41, 5.74) is 4.60. The topological polar surface area (TPSA) is 0 Å². The molecule has 0 aromatic heterocycles. The van der Waals surface area contributed by atoms with Gasteiger partial charge in [-0.15, -0.1) is 0 Å². The van der Waals surface area contributed by atoms with Crippen LogP contribution in [0.2, 0.25) is 0 Å². The molecule has 0 aliphatic carbocycles. The first-order chi connectivity index (χ1) is 8.51. The van der Waals surface area contributed by atoms with Crippen LogP contribution in [-0.2, 0) is 0 Å². The van der Waals surface area contributed by atoms with Crippen LogP contribution in [0.1, 0.15) is 41.5 Å². The largest absolute Gasteiger partial charge is 0.0988 e. The third-order valence-electron chi connectivity index (χ3n) is 2.43. The molecule has 0 radical (unpaired) electrons. The van der Waals surface area contributed by atoms with Gasteiger partial charge in [-0.2, -0.15) is 0 Å². The van der Waals surface area contributed by atoms with Gasteiger partial charge in [0.15, 0.2) is 0 Å². The fourth-order valence-electron chi connectivity index (χ4n) is 0.891. The molecule has 0 heterocycles. The first-order valence-electron chi connectivity index (χ1n) is 6.49. The van der Waals surface area contributed by atoms with Gasteiger partial charge in [0, 0.05) is 0 Å². The van der Waals surface area contributed by atoms with Crippen molar-refractivity contribution in [2.24, 2.45) is 0 Å². The summed E-state index contributed by atoms with van der Waals surface area (Å²) in [4.78, 5) is 0. The minimum absolute atomic E-state index is 1.04. The zero-order valence-electron chi connectivity index (χ0n) is 12.9. The summed E-state index contributed by atoms with van der Waals surface area (Å²) in [5.74, 6) is 0. The zero-order chi connectivity index (χ0) is 14.6. The van der Waals surface area contributed by atoms with Crippen LogP contribution in [0.4, 0.5) is 0 Å². The van der Waals surface area contributed by atoms with Crippen LogP contribution in [0.15, 0.2) is 71.9 Å². The lowest BCUT2D eigenvalue weighted by Gasteiger charge is -1.99. The van der Waals surface area contributed by atoms with E-state index in [1.54, 1.807) is 0 Å². The summed E-state index contributed by atoms with van der Waals surface area (Å²) in [6.07, 6.45) is 12.1. The number of hydrogen-bond donors (Lipinski definition) is 0. The molecule has 0 aromatic carbocycles. The van der Waals surface area contributed by atoms with Crippen LogP contribution in [0, 0.1) is 0 Å². The maximum atomic E-state index is 4.03. The molecule has 18 heavy (non-hydrogen) atoms. The van der Waals surface area contributed by atoms with Crippen molar-refractivity contribution in [1.29, 1.82) is 0 Å². The van der Waals surface area contributed by atoms with E-state index >= 15 is 0 Å². The molecular weight excluding hydrogens is 216 g/mol. The minimum Gasteiger partial charge on any atom is -0.0988 e. The Morgan fingerprint density at radius 3 is 1.89 bits per heavy atom. The Balaban J connectivity index is 0. The summed E-state index contributed by atoms with van der Waals surface area (Å²) in [5, 5.41) is 0. The van der Waals surface area contributed by atoms with Crippen molar-refractivity contribution in [3.63, 3.8) is 0 Å². The number of rotatable bonds is 5. The van der Waals surface area contributed by atoms with Gasteiger partial charge in [-0.1, -0.05) is 74.6 Å². The molecule has 0 nitrogen and oxygen atoms in total. The smallest absolute Gasteiger partial charge is 0.0299 e. The molecule has 0 spiro atoms. The molecule has 0 atom stereocenters.